The Morgan fingerprint density at radius 1 is 1.14 bits per heavy atom. The minimum absolute atomic E-state index is 0.0100. The summed E-state index contributed by atoms with van der Waals surface area (Å²) in [5, 5.41) is 13.0. The Morgan fingerprint density at radius 3 is 2.55 bits per heavy atom. The molecular weight excluding hydrogens is 409 g/mol. The van der Waals surface area contributed by atoms with Crippen LogP contribution < -0.4 is 10.1 Å². The fourth-order valence-corrected chi connectivity index (χ4v) is 3.19. The van der Waals surface area contributed by atoms with Crippen molar-refractivity contribution in [3.8, 4) is 17.0 Å². The third kappa shape index (κ3) is 4.91. The van der Waals surface area contributed by atoms with E-state index in [4.69, 9.17) is 9.84 Å². The molecule has 0 bridgehead atoms. The number of aromatic nitrogens is 1. The third-order valence-electron chi connectivity index (χ3n) is 3.76. The van der Waals surface area contributed by atoms with Crippen LogP contribution in [0.25, 0.3) is 11.1 Å². The van der Waals surface area contributed by atoms with Crippen LogP contribution >= 0.6 is 11.3 Å². The second-order valence-corrected chi connectivity index (χ2v) is 6.65. The molecule has 150 valence electrons. The molecule has 0 aliphatic carbocycles. The maximum absolute atomic E-state index is 13.1. The number of nitrogens with one attached hydrogen (secondary N) is 1. The topological polar surface area (TPSA) is 88.5 Å². The first-order valence-electron chi connectivity index (χ1n) is 8.12. The normalized spacial score (nSPS) is 11.1. The number of aromatic carboxylic acids is 1. The Bertz CT molecular complexity index is 1030. The summed E-state index contributed by atoms with van der Waals surface area (Å²) in [6, 6.07) is 9.34. The van der Waals surface area contributed by atoms with Crippen LogP contribution in [0.3, 0.4) is 0 Å². The Labute approximate surface area is 166 Å². The predicted molar refractivity (Wildman–Crippen MR) is 100 cm³/mol. The number of carbonyl (C=O) groups excluding carboxylic acids is 1. The molecule has 29 heavy (non-hydrogen) atoms. The van der Waals surface area contributed by atoms with Gasteiger partial charge in [-0.25, -0.2) is 9.78 Å². The van der Waals surface area contributed by atoms with E-state index in [1.165, 1.54) is 48.0 Å². The van der Waals surface area contributed by atoms with Gasteiger partial charge in [0.2, 0.25) is 5.88 Å². The van der Waals surface area contributed by atoms with Crippen LogP contribution in [0.5, 0.6) is 5.88 Å². The van der Waals surface area contributed by atoms with Crippen molar-refractivity contribution in [3.05, 3.63) is 64.5 Å². The van der Waals surface area contributed by atoms with Crippen LogP contribution in [0.2, 0.25) is 0 Å². The number of benzene rings is 1. The minimum atomic E-state index is -4.50. The molecule has 0 fully saturated rings. The number of pyridine rings is 1. The van der Waals surface area contributed by atoms with E-state index < -0.39 is 30.2 Å². The highest BCUT2D eigenvalue weighted by atomic mass is 32.1. The Balaban J connectivity index is 1.65. The number of alkyl halides is 3. The van der Waals surface area contributed by atoms with Crippen molar-refractivity contribution in [1.29, 1.82) is 0 Å². The van der Waals surface area contributed by atoms with Crippen LogP contribution in [-0.2, 0) is 11.0 Å². The Morgan fingerprint density at radius 2 is 1.90 bits per heavy atom. The summed E-state index contributed by atoms with van der Waals surface area (Å²) < 4.78 is 44.6. The summed E-state index contributed by atoms with van der Waals surface area (Å²) in [4.78, 5) is 26.9. The highest BCUT2D eigenvalue weighted by Gasteiger charge is 2.33. The molecule has 0 aliphatic rings. The zero-order valence-electron chi connectivity index (χ0n) is 14.6. The van der Waals surface area contributed by atoms with E-state index in [0.717, 1.165) is 17.4 Å². The lowest BCUT2D eigenvalue weighted by Gasteiger charge is -2.13. The molecular formula is C19H13F3N2O4S. The van der Waals surface area contributed by atoms with E-state index in [2.05, 4.69) is 10.3 Å². The first kappa shape index (κ1) is 20.3. The van der Waals surface area contributed by atoms with Crippen LogP contribution in [0.15, 0.2) is 54.0 Å². The number of rotatable bonds is 6. The molecule has 0 spiro atoms. The van der Waals surface area contributed by atoms with Gasteiger partial charge in [0.1, 0.15) is 4.88 Å². The molecule has 0 saturated carbocycles. The van der Waals surface area contributed by atoms with Gasteiger partial charge < -0.3 is 15.2 Å². The molecule has 10 heteroatoms. The second kappa shape index (κ2) is 8.31. The molecule has 0 aliphatic heterocycles. The quantitative estimate of drug-likeness (QED) is 0.609. The first-order valence-corrected chi connectivity index (χ1v) is 9.00. The van der Waals surface area contributed by atoms with Crippen LogP contribution in [-0.4, -0.2) is 28.6 Å². The summed E-state index contributed by atoms with van der Waals surface area (Å²) in [5.74, 6) is -1.72. The van der Waals surface area contributed by atoms with Crippen molar-refractivity contribution in [2.45, 2.75) is 6.18 Å². The van der Waals surface area contributed by atoms with Crippen molar-refractivity contribution in [2.75, 3.05) is 11.9 Å². The molecule has 2 heterocycles. The zero-order valence-corrected chi connectivity index (χ0v) is 15.4. The van der Waals surface area contributed by atoms with Crippen molar-refractivity contribution in [3.63, 3.8) is 0 Å². The van der Waals surface area contributed by atoms with Gasteiger partial charge in [-0.15, -0.1) is 11.3 Å². The maximum atomic E-state index is 13.1. The van der Waals surface area contributed by atoms with Gasteiger partial charge in [-0.05, 0) is 29.1 Å². The largest absolute Gasteiger partial charge is 0.477 e. The number of halogens is 3. The molecule has 0 atom stereocenters. The lowest BCUT2D eigenvalue weighted by atomic mass is 10.0. The van der Waals surface area contributed by atoms with Gasteiger partial charge >= 0.3 is 12.1 Å². The number of amides is 1. The van der Waals surface area contributed by atoms with Crippen molar-refractivity contribution >= 4 is 28.9 Å². The van der Waals surface area contributed by atoms with Crippen LogP contribution in [0.1, 0.15) is 15.2 Å². The highest BCUT2D eigenvalue weighted by molar-refractivity contribution is 7.12. The number of nitrogens with zero attached hydrogens (tertiary/aromatic N) is 1. The molecule has 1 amide bonds. The summed E-state index contributed by atoms with van der Waals surface area (Å²) in [6.45, 7) is -0.444. The number of carboxylic acids is 1. The molecule has 0 saturated heterocycles. The highest BCUT2D eigenvalue weighted by Crippen LogP contribution is 2.36. The van der Waals surface area contributed by atoms with Gasteiger partial charge in [0.25, 0.3) is 5.91 Å². The van der Waals surface area contributed by atoms with Gasteiger partial charge in [0, 0.05) is 17.8 Å². The summed E-state index contributed by atoms with van der Waals surface area (Å²) >= 11 is 0.969. The van der Waals surface area contributed by atoms with E-state index in [9.17, 15) is 22.8 Å². The Hall–Kier alpha value is -3.40. The fraction of sp³-hybridized carbons (Fsp3) is 0.105. The lowest BCUT2D eigenvalue weighted by Crippen LogP contribution is -2.21. The fourth-order valence-electron chi connectivity index (χ4n) is 2.51. The summed E-state index contributed by atoms with van der Waals surface area (Å²) in [5.41, 5.74) is -0.391. The molecule has 2 N–H and O–H groups in total. The van der Waals surface area contributed by atoms with E-state index in [1.54, 1.807) is 0 Å². The van der Waals surface area contributed by atoms with Crippen LogP contribution in [0.4, 0.5) is 18.9 Å². The first-order chi connectivity index (χ1) is 13.8. The minimum Gasteiger partial charge on any atom is -0.477 e. The van der Waals surface area contributed by atoms with Gasteiger partial charge in [0.05, 0.1) is 11.3 Å². The van der Waals surface area contributed by atoms with E-state index in [1.807, 2.05) is 0 Å². The molecule has 1 aromatic carbocycles. The van der Waals surface area contributed by atoms with E-state index >= 15 is 0 Å². The predicted octanol–water partition coefficient (Wildman–Crippen LogP) is 4.54. The lowest BCUT2D eigenvalue weighted by molar-refractivity contribution is -0.137. The van der Waals surface area contributed by atoms with Gasteiger partial charge in [0.15, 0.2) is 6.61 Å². The average Bonchev–Trinajstić information content (AvgIpc) is 3.14. The van der Waals surface area contributed by atoms with Crippen LogP contribution in [0, 0.1) is 0 Å². The molecule has 3 aromatic rings. The summed E-state index contributed by atoms with van der Waals surface area (Å²) in [6.07, 6.45) is -3.28. The van der Waals surface area contributed by atoms with E-state index in [-0.39, 0.29) is 27.6 Å². The third-order valence-corrected chi connectivity index (χ3v) is 4.67. The standard InChI is InChI=1S/C19H13F3N2O4S/c20-19(21,22)13-4-2-1-3-12(13)11-5-6-16(23-9-11)28-10-15(25)24-14-7-8-29-17(14)18(26)27/h1-9H,10H2,(H,24,25)(H,26,27). The SMILES string of the molecule is O=C(COc1ccc(-c2ccccc2C(F)(F)F)cn1)Nc1ccsc1C(=O)O. The summed E-state index contributed by atoms with van der Waals surface area (Å²) in [7, 11) is 0. The molecule has 0 radical (unpaired) electrons. The van der Waals surface area contributed by atoms with Gasteiger partial charge in [-0.2, -0.15) is 13.2 Å². The maximum Gasteiger partial charge on any atom is 0.417 e. The van der Waals surface area contributed by atoms with Gasteiger partial charge in [-0.1, -0.05) is 18.2 Å². The van der Waals surface area contributed by atoms with Crippen molar-refractivity contribution in [1.82, 2.24) is 4.98 Å². The smallest absolute Gasteiger partial charge is 0.417 e. The number of ether oxygens (including phenoxy) is 1. The number of carboxylic acid groups (broad SMARTS) is 1. The number of carbonyl (C=O) groups is 2. The molecule has 0 unspecified atom stereocenters. The van der Waals surface area contributed by atoms with Gasteiger partial charge in [-0.3, -0.25) is 4.79 Å². The molecule has 2 aromatic heterocycles. The monoisotopic (exact) mass is 422 g/mol. The number of thiophene rings is 1. The average molecular weight is 422 g/mol. The molecule has 6 nitrogen and oxygen atoms in total. The van der Waals surface area contributed by atoms with Crippen molar-refractivity contribution < 1.29 is 32.6 Å². The second-order valence-electron chi connectivity index (χ2n) is 5.73. The zero-order chi connectivity index (χ0) is 21.0. The molecule has 3 rings (SSSR count). The van der Waals surface area contributed by atoms with E-state index in [0.29, 0.717) is 0 Å². The van der Waals surface area contributed by atoms with Crippen molar-refractivity contribution in [2.24, 2.45) is 0 Å². The number of hydrogen-bond acceptors (Lipinski definition) is 5. The number of anilines is 1. The number of hydrogen-bond donors (Lipinski definition) is 2. The Kier molecular flexibility index (Phi) is 5.83.